The maximum atomic E-state index is 14.5. The van der Waals surface area contributed by atoms with Crippen LogP contribution in [0.25, 0.3) is 0 Å². The van der Waals surface area contributed by atoms with E-state index in [0.29, 0.717) is 24.8 Å². The first-order chi connectivity index (χ1) is 14.7. The number of fused-ring (bicyclic) bond motifs is 1. The molecule has 2 aromatic carbocycles. The second-order valence-corrected chi connectivity index (χ2v) is 9.34. The van der Waals surface area contributed by atoms with Crippen LogP contribution in [0.15, 0.2) is 41.3 Å². The summed E-state index contributed by atoms with van der Waals surface area (Å²) in [5, 5.41) is 2.54. The third kappa shape index (κ3) is 4.45. The third-order valence-electron chi connectivity index (χ3n) is 5.55. The average molecular weight is 449 g/mol. The maximum Gasteiger partial charge on any atom is 0.256 e. The number of hydrogen-bond acceptors (Lipinski definition) is 4. The molecule has 0 spiro atoms. The number of rotatable bonds is 4. The number of halogens is 2. The molecule has 0 aliphatic carbocycles. The molecule has 2 amide bonds. The van der Waals surface area contributed by atoms with Crippen molar-refractivity contribution in [3.05, 3.63) is 59.2 Å². The normalized spacial score (nSPS) is 17.2. The van der Waals surface area contributed by atoms with Crippen LogP contribution in [0.5, 0.6) is 0 Å². The van der Waals surface area contributed by atoms with Gasteiger partial charge in [0.1, 0.15) is 16.5 Å². The van der Waals surface area contributed by atoms with Gasteiger partial charge in [-0.25, -0.2) is 21.9 Å². The summed E-state index contributed by atoms with van der Waals surface area (Å²) in [6.45, 7) is 0.498. The van der Waals surface area contributed by atoms with Crippen LogP contribution in [0.1, 0.15) is 35.2 Å². The van der Waals surface area contributed by atoms with Crippen molar-refractivity contribution < 1.29 is 26.8 Å². The van der Waals surface area contributed by atoms with Crippen LogP contribution >= 0.6 is 0 Å². The van der Waals surface area contributed by atoms with Crippen LogP contribution in [0.3, 0.4) is 0 Å². The third-order valence-corrected chi connectivity index (χ3v) is 7.09. The Morgan fingerprint density at radius 2 is 1.77 bits per heavy atom. The van der Waals surface area contributed by atoms with E-state index in [-0.39, 0.29) is 36.7 Å². The van der Waals surface area contributed by atoms with E-state index in [2.05, 4.69) is 10.0 Å². The van der Waals surface area contributed by atoms with Crippen molar-refractivity contribution in [2.75, 3.05) is 18.4 Å². The summed E-state index contributed by atoms with van der Waals surface area (Å²) >= 11 is 0. The van der Waals surface area contributed by atoms with Gasteiger partial charge in [0.05, 0.1) is 5.56 Å². The number of sulfonamides is 1. The topological polar surface area (TPSA) is 95.6 Å². The number of carbonyl (C=O) groups excluding carboxylic acids is 2. The Bertz CT molecular complexity index is 1150. The van der Waals surface area contributed by atoms with E-state index in [1.165, 1.54) is 29.2 Å². The summed E-state index contributed by atoms with van der Waals surface area (Å²) in [5.41, 5.74) is 0.823. The lowest BCUT2D eigenvalue weighted by Crippen LogP contribution is -2.46. The molecule has 2 heterocycles. The summed E-state index contributed by atoms with van der Waals surface area (Å²) in [6, 6.07) is 7.50. The number of aryl methyl sites for hydroxylation is 1. The molecule has 2 aliphatic heterocycles. The fourth-order valence-corrected chi connectivity index (χ4v) is 5.29. The smallest absolute Gasteiger partial charge is 0.256 e. The molecule has 4 rings (SSSR count). The highest BCUT2D eigenvalue weighted by Crippen LogP contribution is 2.28. The van der Waals surface area contributed by atoms with Gasteiger partial charge >= 0.3 is 0 Å². The summed E-state index contributed by atoms with van der Waals surface area (Å²) in [5.74, 6) is -2.23. The van der Waals surface area contributed by atoms with Gasteiger partial charge in [0.2, 0.25) is 15.9 Å². The Morgan fingerprint density at radius 3 is 2.48 bits per heavy atom. The minimum atomic E-state index is -4.14. The Hall–Kier alpha value is -2.85. The number of piperidine rings is 1. The van der Waals surface area contributed by atoms with Gasteiger partial charge in [0.15, 0.2) is 0 Å². The fraction of sp³-hybridized carbons (Fsp3) is 0.333. The van der Waals surface area contributed by atoms with Crippen molar-refractivity contribution in [3.8, 4) is 0 Å². The lowest BCUT2D eigenvalue weighted by atomic mass is 10.0. The summed E-state index contributed by atoms with van der Waals surface area (Å²) in [7, 11) is -4.14. The van der Waals surface area contributed by atoms with E-state index in [9.17, 15) is 26.8 Å². The van der Waals surface area contributed by atoms with Gasteiger partial charge in [-0.1, -0.05) is 12.1 Å². The highest BCUT2D eigenvalue weighted by atomic mass is 32.2. The number of nitrogens with zero attached hydrogens (tertiary/aromatic N) is 1. The van der Waals surface area contributed by atoms with Crippen molar-refractivity contribution in [1.29, 1.82) is 0 Å². The van der Waals surface area contributed by atoms with E-state index >= 15 is 0 Å². The Morgan fingerprint density at radius 1 is 1.06 bits per heavy atom. The molecule has 2 aliphatic rings. The predicted octanol–water partition coefficient (Wildman–Crippen LogP) is 2.43. The van der Waals surface area contributed by atoms with Gasteiger partial charge in [0.25, 0.3) is 5.91 Å². The van der Waals surface area contributed by atoms with Crippen LogP contribution < -0.4 is 10.0 Å². The molecule has 1 fully saturated rings. The molecule has 7 nitrogen and oxygen atoms in total. The molecule has 2 N–H and O–H groups in total. The van der Waals surface area contributed by atoms with E-state index in [1.54, 1.807) is 6.07 Å². The zero-order valence-electron chi connectivity index (χ0n) is 16.5. The summed E-state index contributed by atoms with van der Waals surface area (Å²) < 4.78 is 56.4. The molecular weight excluding hydrogens is 428 g/mol. The molecule has 0 aromatic heterocycles. The SMILES string of the molecule is O=C1CCc2cc(S(=O)(=O)NC3CCN(C(=O)c4ccccc4F)CC3)c(F)cc2N1. The number of carbonyl (C=O) groups is 2. The van der Waals surface area contributed by atoms with Crippen molar-refractivity contribution in [2.24, 2.45) is 0 Å². The number of nitrogens with one attached hydrogen (secondary N) is 2. The lowest BCUT2D eigenvalue weighted by molar-refractivity contribution is -0.116. The number of anilines is 1. The number of amides is 2. The standard InChI is InChI=1S/C21H21F2N3O4S/c22-16-4-2-1-3-15(16)21(28)26-9-7-14(8-10-26)25-31(29,30)19-11-13-5-6-20(27)24-18(13)12-17(19)23/h1-4,11-12,14,25H,5-10H2,(H,24,27). The van der Waals surface area contributed by atoms with Crippen molar-refractivity contribution in [3.63, 3.8) is 0 Å². The molecule has 0 radical (unpaired) electrons. The zero-order chi connectivity index (χ0) is 22.2. The second kappa shape index (κ2) is 8.35. The van der Waals surface area contributed by atoms with Gasteiger partial charge in [-0.15, -0.1) is 0 Å². The first-order valence-electron chi connectivity index (χ1n) is 9.93. The molecule has 0 saturated carbocycles. The molecular formula is C21H21F2N3O4S. The summed E-state index contributed by atoms with van der Waals surface area (Å²) in [6.07, 6.45) is 1.19. The molecule has 31 heavy (non-hydrogen) atoms. The van der Waals surface area contributed by atoms with Crippen molar-refractivity contribution >= 4 is 27.5 Å². The predicted molar refractivity (Wildman–Crippen MR) is 109 cm³/mol. The van der Waals surface area contributed by atoms with Crippen LogP contribution in [0.2, 0.25) is 0 Å². The molecule has 0 atom stereocenters. The van der Waals surface area contributed by atoms with Crippen LogP contribution in [0.4, 0.5) is 14.5 Å². The minimum Gasteiger partial charge on any atom is -0.338 e. The maximum absolute atomic E-state index is 14.5. The highest BCUT2D eigenvalue weighted by molar-refractivity contribution is 7.89. The zero-order valence-corrected chi connectivity index (χ0v) is 17.3. The van der Waals surface area contributed by atoms with Crippen LogP contribution in [0, 0.1) is 11.6 Å². The van der Waals surface area contributed by atoms with E-state index in [0.717, 1.165) is 6.07 Å². The Kier molecular flexibility index (Phi) is 5.76. The van der Waals surface area contributed by atoms with Crippen LogP contribution in [-0.4, -0.2) is 44.3 Å². The van der Waals surface area contributed by atoms with E-state index in [4.69, 9.17) is 0 Å². The van der Waals surface area contributed by atoms with Gasteiger partial charge in [0, 0.05) is 31.2 Å². The first kappa shape index (κ1) is 21.4. The Balaban J connectivity index is 1.43. The molecule has 1 saturated heterocycles. The minimum absolute atomic E-state index is 0.0234. The van der Waals surface area contributed by atoms with Gasteiger partial charge in [-0.2, -0.15) is 0 Å². The monoisotopic (exact) mass is 449 g/mol. The lowest BCUT2D eigenvalue weighted by Gasteiger charge is -2.32. The first-order valence-corrected chi connectivity index (χ1v) is 11.4. The van der Waals surface area contributed by atoms with Gasteiger partial charge in [-0.05, 0) is 49.1 Å². The average Bonchev–Trinajstić information content (AvgIpc) is 2.73. The van der Waals surface area contributed by atoms with Gasteiger partial charge < -0.3 is 10.2 Å². The number of likely N-dealkylation sites (tertiary alicyclic amines) is 1. The van der Waals surface area contributed by atoms with Crippen molar-refractivity contribution in [1.82, 2.24) is 9.62 Å². The Labute approximate surface area is 178 Å². The summed E-state index contributed by atoms with van der Waals surface area (Å²) in [4.78, 5) is 25.0. The fourth-order valence-electron chi connectivity index (χ4n) is 3.87. The quantitative estimate of drug-likeness (QED) is 0.750. The highest BCUT2D eigenvalue weighted by Gasteiger charge is 2.30. The molecule has 164 valence electrons. The number of benzene rings is 2. The van der Waals surface area contributed by atoms with Crippen molar-refractivity contribution in [2.45, 2.75) is 36.6 Å². The van der Waals surface area contributed by atoms with Crippen LogP contribution in [-0.2, 0) is 21.2 Å². The second-order valence-electron chi connectivity index (χ2n) is 7.66. The molecule has 10 heteroatoms. The van der Waals surface area contributed by atoms with E-state index < -0.39 is 38.5 Å². The van der Waals surface area contributed by atoms with E-state index in [1.807, 2.05) is 0 Å². The number of hydrogen-bond donors (Lipinski definition) is 2. The van der Waals surface area contributed by atoms with Gasteiger partial charge in [-0.3, -0.25) is 9.59 Å². The molecule has 0 bridgehead atoms. The molecule has 0 unspecified atom stereocenters. The molecule has 2 aromatic rings. The largest absolute Gasteiger partial charge is 0.338 e.